The van der Waals surface area contributed by atoms with Crippen LogP contribution < -0.4 is 4.72 Å². The molecule has 1 aromatic carbocycles. The molecule has 1 aromatic heterocycles. The van der Waals surface area contributed by atoms with Crippen molar-refractivity contribution in [2.24, 2.45) is 5.92 Å². The zero-order valence-electron chi connectivity index (χ0n) is 14.2. The zero-order chi connectivity index (χ0) is 18.6. The smallest absolute Gasteiger partial charge is 0.289 e. The van der Waals surface area contributed by atoms with E-state index in [0.29, 0.717) is 6.54 Å². The molecule has 0 atom stereocenters. The SMILES string of the molecule is O=[N+]([O-])c1ccccc1S(=O)(=O)NCC1CCN(Cc2cccs2)CC1. The Kier molecular flexibility index (Phi) is 6.02. The Balaban J connectivity index is 1.54. The summed E-state index contributed by atoms with van der Waals surface area (Å²) in [5.74, 6) is 0.243. The van der Waals surface area contributed by atoms with E-state index in [1.807, 2.05) is 6.07 Å². The lowest BCUT2D eigenvalue weighted by molar-refractivity contribution is -0.387. The Bertz CT molecular complexity index is 845. The van der Waals surface area contributed by atoms with E-state index in [9.17, 15) is 18.5 Å². The molecule has 0 saturated carbocycles. The number of sulfonamides is 1. The number of piperidine rings is 1. The predicted molar refractivity (Wildman–Crippen MR) is 101 cm³/mol. The van der Waals surface area contributed by atoms with Gasteiger partial charge in [0.05, 0.1) is 4.92 Å². The van der Waals surface area contributed by atoms with E-state index in [1.54, 1.807) is 11.3 Å². The van der Waals surface area contributed by atoms with E-state index in [0.717, 1.165) is 32.5 Å². The quantitative estimate of drug-likeness (QED) is 0.575. The number of nitrogens with zero attached hydrogens (tertiary/aromatic N) is 2. The second-order valence-electron chi connectivity index (χ2n) is 6.38. The molecule has 1 saturated heterocycles. The minimum atomic E-state index is -3.89. The number of nitrogens with one attached hydrogen (secondary N) is 1. The summed E-state index contributed by atoms with van der Waals surface area (Å²) in [4.78, 5) is 13.8. The normalized spacial score (nSPS) is 16.6. The second kappa shape index (κ2) is 8.26. The summed E-state index contributed by atoms with van der Waals surface area (Å²) in [7, 11) is -3.89. The number of hydrogen-bond acceptors (Lipinski definition) is 6. The maximum absolute atomic E-state index is 12.5. The van der Waals surface area contributed by atoms with Crippen LogP contribution in [0.5, 0.6) is 0 Å². The lowest BCUT2D eigenvalue weighted by Gasteiger charge is -2.31. The highest BCUT2D eigenvalue weighted by Crippen LogP contribution is 2.24. The fraction of sp³-hybridized carbons (Fsp3) is 0.412. The van der Waals surface area contributed by atoms with Gasteiger partial charge in [-0.05, 0) is 49.4 Å². The molecule has 9 heteroatoms. The monoisotopic (exact) mass is 395 g/mol. The fourth-order valence-electron chi connectivity index (χ4n) is 3.11. The van der Waals surface area contributed by atoms with E-state index in [4.69, 9.17) is 0 Å². The van der Waals surface area contributed by atoms with Crippen molar-refractivity contribution >= 4 is 27.0 Å². The van der Waals surface area contributed by atoms with Crippen molar-refractivity contribution in [1.29, 1.82) is 0 Å². The molecule has 1 N–H and O–H groups in total. The molecule has 0 aliphatic carbocycles. The Hall–Kier alpha value is -1.81. The Morgan fingerprint density at radius 2 is 1.92 bits per heavy atom. The lowest BCUT2D eigenvalue weighted by atomic mass is 9.97. The Morgan fingerprint density at radius 1 is 1.19 bits per heavy atom. The van der Waals surface area contributed by atoms with Crippen molar-refractivity contribution in [3.05, 3.63) is 56.8 Å². The molecular formula is C17H21N3O4S2. The van der Waals surface area contributed by atoms with Crippen LogP contribution in [0, 0.1) is 16.0 Å². The van der Waals surface area contributed by atoms with E-state index >= 15 is 0 Å². The van der Waals surface area contributed by atoms with Gasteiger partial charge in [0, 0.05) is 24.0 Å². The molecule has 0 bridgehead atoms. The van der Waals surface area contributed by atoms with Gasteiger partial charge in [0.1, 0.15) is 0 Å². The molecule has 2 aromatic rings. The number of likely N-dealkylation sites (tertiary alicyclic amines) is 1. The summed E-state index contributed by atoms with van der Waals surface area (Å²) in [5.41, 5.74) is -0.397. The number of para-hydroxylation sites is 1. The number of hydrogen-bond donors (Lipinski definition) is 1. The first-order valence-corrected chi connectivity index (χ1v) is 10.8. The molecule has 3 rings (SSSR count). The summed E-state index contributed by atoms with van der Waals surface area (Å²) in [5, 5.41) is 13.1. The minimum absolute atomic E-state index is 0.243. The number of thiophene rings is 1. The van der Waals surface area contributed by atoms with Crippen LogP contribution in [0.3, 0.4) is 0 Å². The first-order valence-electron chi connectivity index (χ1n) is 8.43. The van der Waals surface area contributed by atoms with Crippen LogP contribution in [0.25, 0.3) is 0 Å². The van der Waals surface area contributed by atoms with Gasteiger partial charge in [-0.15, -0.1) is 11.3 Å². The third-order valence-corrected chi connectivity index (χ3v) is 6.91. The summed E-state index contributed by atoms with van der Waals surface area (Å²) < 4.78 is 27.5. The van der Waals surface area contributed by atoms with Gasteiger partial charge in [0.25, 0.3) is 5.69 Å². The number of nitro groups is 1. The summed E-state index contributed by atoms with van der Waals surface area (Å²) in [6, 6.07) is 9.59. The Morgan fingerprint density at radius 3 is 2.58 bits per heavy atom. The van der Waals surface area contributed by atoms with Crippen molar-refractivity contribution in [3.8, 4) is 0 Å². The summed E-state index contributed by atoms with van der Waals surface area (Å²) in [6.45, 7) is 3.10. The number of benzene rings is 1. The van der Waals surface area contributed by atoms with Gasteiger partial charge in [-0.3, -0.25) is 15.0 Å². The first-order chi connectivity index (χ1) is 12.5. The van der Waals surface area contributed by atoms with Crippen LogP contribution in [-0.4, -0.2) is 37.9 Å². The van der Waals surface area contributed by atoms with Crippen molar-refractivity contribution in [2.75, 3.05) is 19.6 Å². The largest absolute Gasteiger partial charge is 0.298 e. The topological polar surface area (TPSA) is 92.5 Å². The molecule has 0 spiro atoms. The molecule has 0 radical (unpaired) electrons. The van der Waals surface area contributed by atoms with Gasteiger partial charge in [-0.1, -0.05) is 18.2 Å². The number of rotatable bonds is 7. The third kappa shape index (κ3) is 4.67. The average Bonchev–Trinajstić information content (AvgIpc) is 3.14. The maximum Gasteiger partial charge on any atom is 0.289 e. The molecule has 7 nitrogen and oxygen atoms in total. The van der Waals surface area contributed by atoms with Crippen molar-refractivity contribution in [2.45, 2.75) is 24.3 Å². The molecule has 1 fully saturated rings. The van der Waals surface area contributed by atoms with E-state index < -0.39 is 20.6 Å². The zero-order valence-corrected chi connectivity index (χ0v) is 15.8. The Labute approximate surface area is 156 Å². The van der Waals surface area contributed by atoms with Gasteiger partial charge < -0.3 is 0 Å². The van der Waals surface area contributed by atoms with Gasteiger partial charge in [0.2, 0.25) is 10.0 Å². The standard InChI is InChI=1S/C17H21N3O4S2/c21-20(22)16-5-1-2-6-17(16)26(23,24)18-12-14-7-9-19(10-8-14)13-15-4-3-11-25-15/h1-6,11,14,18H,7-10,12-13H2. The molecule has 2 heterocycles. The third-order valence-electron chi connectivity index (χ3n) is 4.58. The summed E-state index contributed by atoms with van der Waals surface area (Å²) in [6.07, 6.45) is 1.82. The lowest BCUT2D eigenvalue weighted by Crippen LogP contribution is -2.38. The van der Waals surface area contributed by atoms with Crippen molar-refractivity contribution in [3.63, 3.8) is 0 Å². The van der Waals surface area contributed by atoms with Gasteiger partial charge in [-0.2, -0.15) is 0 Å². The van der Waals surface area contributed by atoms with Gasteiger partial charge in [0.15, 0.2) is 4.90 Å². The van der Waals surface area contributed by atoms with Crippen LogP contribution in [0.15, 0.2) is 46.7 Å². The fourth-order valence-corrected chi connectivity index (χ4v) is 5.14. The van der Waals surface area contributed by atoms with E-state index in [1.165, 1.54) is 29.1 Å². The molecule has 1 aliphatic rings. The van der Waals surface area contributed by atoms with Crippen LogP contribution >= 0.6 is 11.3 Å². The van der Waals surface area contributed by atoms with Crippen molar-refractivity contribution < 1.29 is 13.3 Å². The van der Waals surface area contributed by atoms with Gasteiger partial charge >= 0.3 is 0 Å². The molecular weight excluding hydrogens is 374 g/mol. The molecule has 140 valence electrons. The van der Waals surface area contributed by atoms with Crippen LogP contribution in [0.1, 0.15) is 17.7 Å². The highest BCUT2D eigenvalue weighted by Gasteiger charge is 2.27. The van der Waals surface area contributed by atoms with Gasteiger partial charge in [-0.25, -0.2) is 13.1 Å². The summed E-state index contributed by atoms with van der Waals surface area (Å²) >= 11 is 1.74. The first kappa shape index (κ1) is 19.0. The predicted octanol–water partition coefficient (Wildman–Crippen LogP) is 2.85. The average molecular weight is 396 g/mol. The maximum atomic E-state index is 12.5. The second-order valence-corrected chi connectivity index (χ2v) is 9.14. The van der Waals surface area contributed by atoms with E-state index in [-0.39, 0.29) is 10.8 Å². The van der Waals surface area contributed by atoms with Crippen LogP contribution in [-0.2, 0) is 16.6 Å². The highest BCUT2D eigenvalue weighted by molar-refractivity contribution is 7.89. The molecule has 0 amide bonds. The van der Waals surface area contributed by atoms with E-state index in [2.05, 4.69) is 21.1 Å². The molecule has 1 aliphatic heterocycles. The molecule has 26 heavy (non-hydrogen) atoms. The number of nitro benzene ring substituents is 1. The highest BCUT2D eigenvalue weighted by atomic mass is 32.2. The van der Waals surface area contributed by atoms with Crippen LogP contribution in [0.2, 0.25) is 0 Å². The minimum Gasteiger partial charge on any atom is -0.298 e. The van der Waals surface area contributed by atoms with Crippen LogP contribution in [0.4, 0.5) is 5.69 Å². The van der Waals surface area contributed by atoms with Crippen molar-refractivity contribution in [1.82, 2.24) is 9.62 Å². The molecule has 0 unspecified atom stereocenters.